The largest absolute Gasteiger partial charge is 0.512 e. The van der Waals surface area contributed by atoms with Crippen LogP contribution in [-0.4, -0.2) is 79.0 Å². The molecule has 0 saturated carbocycles. The molecule has 1 aromatic rings. The molecule has 0 saturated heterocycles. The number of aliphatic hydroxyl groups is 2. The summed E-state index contributed by atoms with van der Waals surface area (Å²) in [6.45, 7) is 14.2. The van der Waals surface area contributed by atoms with E-state index in [0.717, 1.165) is 43.8 Å². The number of ketones is 2. The predicted octanol–water partition coefficient (Wildman–Crippen LogP) is 5.41. The lowest BCUT2D eigenvalue weighted by Gasteiger charge is -2.11. The molecule has 3 radical (unpaired) electrons. The molecule has 0 unspecified atom stereocenters. The summed E-state index contributed by atoms with van der Waals surface area (Å²) in [5.41, 5.74) is 2.44. The SMILES string of the molecule is CC(=O)/C=C(/C)O.CC(=O)/C=C(/C)O.CCCCOCCOCCOCc1cc2c(cc1CCC)OCO2.[Al]. The number of ether oxygens (including phenoxy) is 5. The van der Waals surface area contributed by atoms with E-state index in [1.807, 2.05) is 6.07 Å². The van der Waals surface area contributed by atoms with Crippen molar-refractivity contribution in [3.63, 3.8) is 0 Å². The molecule has 219 valence electrons. The molecular weight excluding hydrogens is 519 g/mol. The lowest BCUT2D eigenvalue weighted by Crippen LogP contribution is -2.10. The maximum atomic E-state index is 10.0. The maximum Gasteiger partial charge on any atom is 0.231 e. The molecule has 0 amide bonds. The average molecular weight is 566 g/mol. The summed E-state index contributed by atoms with van der Waals surface area (Å²) >= 11 is 0. The summed E-state index contributed by atoms with van der Waals surface area (Å²) in [5, 5.41) is 16.7. The van der Waals surface area contributed by atoms with Gasteiger partial charge in [-0.05, 0) is 63.8 Å². The number of rotatable bonds is 15. The summed E-state index contributed by atoms with van der Waals surface area (Å²) < 4.78 is 27.6. The number of hydrogen-bond donors (Lipinski definition) is 2. The normalized spacial score (nSPS) is 11.9. The van der Waals surface area contributed by atoms with Crippen LogP contribution < -0.4 is 9.47 Å². The van der Waals surface area contributed by atoms with Crippen molar-refractivity contribution in [2.45, 2.75) is 73.8 Å². The van der Waals surface area contributed by atoms with Crippen molar-refractivity contribution in [1.82, 2.24) is 0 Å². The Hall–Kier alpha value is -2.35. The Kier molecular flexibility index (Phi) is 24.5. The van der Waals surface area contributed by atoms with Gasteiger partial charge in [-0.2, -0.15) is 0 Å². The summed E-state index contributed by atoms with van der Waals surface area (Å²) in [6, 6.07) is 4.12. The molecular formula is C29H46AlO9. The number of hydrogen-bond acceptors (Lipinski definition) is 9. The van der Waals surface area contributed by atoms with E-state index in [0.29, 0.717) is 39.8 Å². The summed E-state index contributed by atoms with van der Waals surface area (Å²) in [7, 11) is 0. The molecule has 9 nitrogen and oxygen atoms in total. The average Bonchev–Trinajstić information content (AvgIpc) is 3.27. The van der Waals surface area contributed by atoms with Gasteiger partial charge in [0, 0.05) is 36.1 Å². The fraction of sp³-hybridized carbons (Fsp3) is 0.586. The second-order valence-electron chi connectivity index (χ2n) is 8.65. The van der Waals surface area contributed by atoms with Crippen LogP contribution in [0, 0.1) is 0 Å². The molecule has 2 rings (SSSR count). The monoisotopic (exact) mass is 565 g/mol. The first kappa shape index (κ1) is 38.8. The number of fused-ring (bicyclic) bond motifs is 1. The molecule has 0 bridgehead atoms. The van der Waals surface area contributed by atoms with Crippen LogP contribution in [0.4, 0.5) is 0 Å². The third-order valence-corrected chi connectivity index (χ3v) is 4.68. The molecule has 1 aliphatic heterocycles. The van der Waals surface area contributed by atoms with Gasteiger partial charge in [0.05, 0.1) is 44.6 Å². The van der Waals surface area contributed by atoms with Crippen LogP contribution in [0.15, 0.2) is 35.8 Å². The van der Waals surface area contributed by atoms with E-state index in [1.165, 1.54) is 51.0 Å². The molecule has 0 aromatic heterocycles. The zero-order chi connectivity index (χ0) is 28.8. The highest BCUT2D eigenvalue weighted by Gasteiger charge is 2.16. The third kappa shape index (κ3) is 22.2. The van der Waals surface area contributed by atoms with Gasteiger partial charge in [-0.1, -0.05) is 26.7 Å². The van der Waals surface area contributed by atoms with Crippen LogP contribution in [0.2, 0.25) is 0 Å². The lowest BCUT2D eigenvalue weighted by molar-refractivity contribution is -0.113. The fourth-order valence-corrected chi connectivity index (χ4v) is 3.12. The first-order chi connectivity index (χ1) is 18.1. The van der Waals surface area contributed by atoms with Gasteiger partial charge in [0.1, 0.15) is 0 Å². The van der Waals surface area contributed by atoms with E-state index in [-0.39, 0.29) is 40.4 Å². The highest BCUT2D eigenvalue weighted by atomic mass is 27.0. The zero-order valence-corrected chi connectivity index (χ0v) is 25.6. The van der Waals surface area contributed by atoms with Crippen LogP contribution in [0.3, 0.4) is 0 Å². The van der Waals surface area contributed by atoms with Crippen molar-refractivity contribution in [1.29, 1.82) is 0 Å². The highest BCUT2D eigenvalue weighted by Crippen LogP contribution is 2.35. The van der Waals surface area contributed by atoms with E-state index in [9.17, 15) is 9.59 Å². The molecule has 1 aromatic carbocycles. The molecule has 1 heterocycles. The second-order valence-corrected chi connectivity index (χ2v) is 8.65. The molecule has 39 heavy (non-hydrogen) atoms. The molecule has 0 atom stereocenters. The minimum absolute atomic E-state index is 0. The van der Waals surface area contributed by atoms with Crippen LogP contribution in [0.25, 0.3) is 0 Å². The Labute approximate surface area is 244 Å². The lowest BCUT2D eigenvalue weighted by atomic mass is 10.0. The Morgan fingerprint density at radius 2 is 1.23 bits per heavy atom. The fourth-order valence-electron chi connectivity index (χ4n) is 3.12. The number of carbonyl (C=O) groups excluding carboxylic acids is 2. The zero-order valence-electron chi connectivity index (χ0n) is 24.4. The third-order valence-electron chi connectivity index (χ3n) is 4.68. The number of aryl methyl sites for hydroxylation is 1. The number of allylic oxidation sites excluding steroid dienone is 4. The molecule has 0 spiro atoms. The Bertz CT molecular complexity index is 846. The van der Waals surface area contributed by atoms with Crippen molar-refractivity contribution in [3.05, 3.63) is 46.9 Å². The van der Waals surface area contributed by atoms with Crippen LogP contribution in [-0.2, 0) is 36.8 Å². The minimum Gasteiger partial charge on any atom is -0.512 e. The second kappa shape index (κ2) is 24.7. The standard InChI is InChI=1S/C19H30O5.2C5H8O2.Al/c1-3-5-7-20-8-9-21-10-11-22-14-17-13-19-18(23-15-24-19)12-16(17)6-4-2;2*1-4(6)3-5(2)7;/h12-13H,3-11,14-15H2,1-2H3;2*3,6H,1-2H3;/b;2*4-3-;. The minimum atomic E-state index is -0.125. The van der Waals surface area contributed by atoms with E-state index in [2.05, 4.69) is 19.9 Å². The van der Waals surface area contributed by atoms with Crippen molar-refractivity contribution in [2.75, 3.05) is 39.8 Å². The Balaban J connectivity index is 0. The first-order valence-corrected chi connectivity index (χ1v) is 13.0. The van der Waals surface area contributed by atoms with Gasteiger partial charge in [-0.15, -0.1) is 0 Å². The molecule has 0 aliphatic carbocycles. The highest BCUT2D eigenvalue weighted by molar-refractivity contribution is 5.87. The van der Waals surface area contributed by atoms with Crippen molar-refractivity contribution >= 4 is 28.9 Å². The van der Waals surface area contributed by atoms with Gasteiger partial charge in [0.2, 0.25) is 6.79 Å². The van der Waals surface area contributed by atoms with Gasteiger partial charge in [0.15, 0.2) is 23.1 Å². The molecule has 2 N–H and O–H groups in total. The predicted molar refractivity (Wildman–Crippen MR) is 153 cm³/mol. The smallest absolute Gasteiger partial charge is 0.231 e. The molecule has 10 heteroatoms. The van der Waals surface area contributed by atoms with Gasteiger partial charge in [-0.25, -0.2) is 0 Å². The van der Waals surface area contributed by atoms with Gasteiger partial charge >= 0.3 is 0 Å². The van der Waals surface area contributed by atoms with Crippen molar-refractivity contribution in [2.24, 2.45) is 0 Å². The Morgan fingerprint density at radius 1 is 0.769 bits per heavy atom. The van der Waals surface area contributed by atoms with Gasteiger partial charge < -0.3 is 33.9 Å². The molecule has 1 aliphatic rings. The van der Waals surface area contributed by atoms with Crippen LogP contribution in [0.5, 0.6) is 11.5 Å². The summed E-state index contributed by atoms with van der Waals surface area (Å²) in [6.07, 6.45) is 6.71. The van der Waals surface area contributed by atoms with Crippen LogP contribution in [0.1, 0.15) is 71.9 Å². The van der Waals surface area contributed by atoms with E-state index in [4.69, 9.17) is 33.9 Å². The molecule has 0 fully saturated rings. The van der Waals surface area contributed by atoms with Gasteiger partial charge in [0.25, 0.3) is 0 Å². The summed E-state index contributed by atoms with van der Waals surface area (Å²) in [4.78, 5) is 20.0. The summed E-state index contributed by atoms with van der Waals surface area (Å²) in [5.74, 6) is 1.53. The van der Waals surface area contributed by atoms with E-state index >= 15 is 0 Å². The number of carbonyl (C=O) groups is 2. The topological polar surface area (TPSA) is 121 Å². The first-order valence-electron chi connectivity index (χ1n) is 13.0. The quantitative estimate of drug-likeness (QED) is 0.124. The number of unbranched alkanes of at least 4 members (excludes halogenated alkanes) is 1. The van der Waals surface area contributed by atoms with E-state index in [1.54, 1.807) is 0 Å². The van der Waals surface area contributed by atoms with E-state index < -0.39 is 0 Å². The van der Waals surface area contributed by atoms with Crippen molar-refractivity contribution in [3.8, 4) is 11.5 Å². The maximum absolute atomic E-state index is 10.0. The van der Waals surface area contributed by atoms with Crippen molar-refractivity contribution < 1.29 is 43.5 Å². The number of benzene rings is 1. The Morgan fingerprint density at radius 3 is 1.64 bits per heavy atom. The van der Waals surface area contributed by atoms with Gasteiger partial charge in [-0.3, -0.25) is 9.59 Å². The van der Waals surface area contributed by atoms with Crippen LogP contribution >= 0.6 is 0 Å². The number of aliphatic hydroxyl groups excluding tert-OH is 2.